The normalized spacial score (nSPS) is 10.5. The molecule has 0 atom stereocenters. The number of carbonyl (C=O) groups is 1. The maximum atomic E-state index is 12.5. The van der Waals surface area contributed by atoms with E-state index in [0.717, 1.165) is 11.1 Å². The Hall–Kier alpha value is -4.24. The molecular formula is C24H17N3O3. The van der Waals surface area contributed by atoms with E-state index in [9.17, 15) is 9.59 Å². The molecule has 0 unspecified atom stereocenters. The van der Waals surface area contributed by atoms with E-state index in [1.54, 1.807) is 55.6 Å². The Morgan fingerprint density at radius 3 is 2.20 bits per heavy atom. The van der Waals surface area contributed by atoms with E-state index in [0.29, 0.717) is 27.8 Å². The average molecular weight is 395 g/mol. The van der Waals surface area contributed by atoms with Crippen LogP contribution in [-0.4, -0.2) is 15.7 Å². The summed E-state index contributed by atoms with van der Waals surface area (Å²) in [5.74, 6) is -0.0380. The smallest absolute Gasteiger partial charge is 0.317 e. The second-order valence-corrected chi connectivity index (χ2v) is 6.79. The van der Waals surface area contributed by atoms with Crippen LogP contribution in [0.3, 0.4) is 0 Å². The molecule has 6 nitrogen and oxygen atoms in total. The fourth-order valence-electron chi connectivity index (χ4n) is 3.26. The number of hydrogen-bond donors (Lipinski definition) is 0. The molecule has 0 aliphatic heterocycles. The molecule has 4 aromatic rings. The summed E-state index contributed by atoms with van der Waals surface area (Å²) in [6.45, 7) is 0. The quantitative estimate of drug-likeness (QED) is 0.389. The summed E-state index contributed by atoms with van der Waals surface area (Å²) in [6, 6.07) is 23.6. The summed E-state index contributed by atoms with van der Waals surface area (Å²) in [6.07, 6.45) is -0.0496. The van der Waals surface area contributed by atoms with Gasteiger partial charge in [0.15, 0.2) is 0 Å². The lowest BCUT2D eigenvalue weighted by molar-refractivity contribution is -0.133. The Morgan fingerprint density at radius 2 is 1.57 bits per heavy atom. The number of aromatic nitrogens is 2. The lowest BCUT2D eigenvalue weighted by Crippen LogP contribution is -2.23. The molecule has 6 heteroatoms. The summed E-state index contributed by atoms with van der Waals surface area (Å²) >= 11 is 0. The van der Waals surface area contributed by atoms with Crippen molar-refractivity contribution < 1.29 is 9.53 Å². The zero-order chi connectivity index (χ0) is 21.1. The number of aryl methyl sites for hydroxylation is 1. The van der Waals surface area contributed by atoms with E-state index < -0.39 is 5.97 Å². The number of carbonyl (C=O) groups excluding carboxylic acids is 1. The number of nitrogens with zero attached hydrogens (tertiary/aromatic N) is 3. The predicted molar refractivity (Wildman–Crippen MR) is 113 cm³/mol. The number of esters is 1. The first kappa shape index (κ1) is 19.1. The van der Waals surface area contributed by atoms with Crippen molar-refractivity contribution in [3.63, 3.8) is 0 Å². The van der Waals surface area contributed by atoms with Gasteiger partial charge in [0.25, 0.3) is 5.56 Å². The van der Waals surface area contributed by atoms with E-state index >= 15 is 0 Å². The third-order valence-corrected chi connectivity index (χ3v) is 4.78. The van der Waals surface area contributed by atoms with Gasteiger partial charge in [-0.2, -0.15) is 10.4 Å². The molecule has 1 heterocycles. The van der Waals surface area contributed by atoms with Crippen LogP contribution in [0.2, 0.25) is 0 Å². The van der Waals surface area contributed by atoms with E-state index in [1.807, 2.05) is 24.3 Å². The number of nitriles is 1. The minimum atomic E-state index is -0.461. The first-order chi connectivity index (χ1) is 14.5. The van der Waals surface area contributed by atoms with Gasteiger partial charge in [-0.1, -0.05) is 42.5 Å². The summed E-state index contributed by atoms with van der Waals surface area (Å²) in [7, 11) is 1.56. The fraction of sp³-hybridized carbons (Fsp3) is 0.0833. The summed E-state index contributed by atoms with van der Waals surface area (Å²) < 4.78 is 6.69. The van der Waals surface area contributed by atoms with Crippen LogP contribution in [0.4, 0.5) is 0 Å². The number of fused-ring (bicyclic) bond motifs is 1. The van der Waals surface area contributed by atoms with Crippen molar-refractivity contribution in [2.75, 3.05) is 0 Å². The van der Waals surface area contributed by atoms with Gasteiger partial charge in [-0.15, -0.1) is 0 Å². The monoisotopic (exact) mass is 395 g/mol. The summed E-state index contributed by atoms with van der Waals surface area (Å²) in [5.41, 5.74) is 2.80. The Labute approximate surface area is 172 Å². The van der Waals surface area contributed by atoms with Gasteiger partial charge in [-0.3, -0.25) is 9.59 Å². The summed E-state index contributed by atoms with van der Waals surface area (Å²) in [5, 5.41) is 14.3. The molecule has 3 aromatic carbocycles. The van der Waals surface area contributed by atoms with E-state index in [1.165, 1.54) is 4.68 Å². The van der Waals surface area contributed by atoms with Gasteiger partial charge in [0, 0.05) is 12.4 Å². The van der Waals surface area contributed by atoms with Crippen molar-refractivity contribution in [1.29, 1.82) is 5.26 Å². The maximum absolute atomic E-state index is 12.5. The van der Waals surface area contributed by atoms with Gasteiger partial charge in [-0.05, 0) is 41.5 Å². The predicted octanol–water partition coefficient (Wildman–Crippen LogP) is 3.62. The Kier molecular flexibility index (Phi) is 5.10. The molecule has 0 fully saturated rings. The highest BCUT2D eigenvalue weighted by molar-refractivity contribution is 5.87. The van der Waals surface area contributed by atoms with E-state index in [4.69, 9.17) is 10.00 Å². The molecule has 0 N–H and O–H groups in total. The number of benzene rings is 3. The van der Waals surface area contributed by atoms with Crippen LogP contribution in [0.1, 0.15) is 11.3 Å². The second kappa shape index (κ2) is 8.02. The highest BCUT2D eigenvalue weighted by Crippen LogP contribution is 2.23. The molecule has 1 aromatic heterocycles. The number of rotatable bonds is 4. The van der Waals surface area contributed by atoms with Crippen LogP contribution in [-0.2, 0) is 18.3 Å². The van der Waals surface area contributed by atoms with Crippen LogP contribution in [0, 0.1) is 11.3 Å². The van der Waals surface area contributed by atoms with Gasteiger partial charge in [0.2, 0.25) is 0 Å². The first-order valence-electron chi connectivity index (χ1n) is 9.31. The molecule has 0 radical (unpaired) electrons. The highest BCUT2D eigenvalue weighted by Gasteiger charge is 2.14. The molecule has 0 saturated carbocycles. The Bertz CT molecular complexity index is 1330. The standard InChI is InChI=1S/C24H17N3O3/c1-27-24(29)21-5-3-2-4-20(21)22(26-27)14-23(28)30-19-12-10-18(11-13-19)17-8-6-16(15-25)7-9-17/h2-13H,14H2,1H3. The van der Waals surface area contributed by atoms with Crippen molar-refractivity contribution in [2.45, 2.75) is 6.42 Å². The first-order valence-corrected chi connectivity index (χ1v) is 9.31. The summed E-state index contributed by atoms with van der Waals surface area (Å²) in [4.78, 5) is 24.7. The van der Waals surface area contributed by atoms with Crippen LogP contribution < -0.4 is 10.3 Å². The van der Waals surface area contributed by atoms with Crippen LogP contribution >= 0.6 is 0 Å². The van der Waals surface area contributed by atoms with Crippen molar-refractivity contribution in [3.8, 4) is 22.9 Å². The van der Waals surface area contributed by atoms with Gasteiger partial charge in [-0.25, -0.2) is 4.68 Å². The molecule has 0 bridgehead atoms. The van der Waals surface area contributed by atoms with Crippen LogP contribution in [0.25, 0.3) is 21.9 Å². The second-order valence-electron chi connectivity index (χ2n) is 6.79. The molecule has 0 amide bonds. The zero-order valence-corrected chi connectivity index (χ0v) is 16.2. The van der Waals surface area contributed by atoms with E-state index in [-0.39, 0.29) is 12.0 Å². The van der Waals surface area contributed by atoms with Gasteiger partial charge in [0.1, 0.15) is 5.75 Å². The van der Waals surface area contributed by atoms with Gasteiger partial charge >= 0.3 is 5.97 Å². The molecule has 0 aliphatic carbocycles. The van der Waals surface area contributed by atoms with Gasteiger partial charge in [0.05, 0.1) is 29.1 Å². The van der Waals surface area contributed by atoms with Gasteiger partial charge < -0.3 is 4.74 Å². The third-order valence-electron chi connectivity index (χ3n) is 4.78. The van der Waals surface area contributed by atoms with Crippen molar-refractivity contribution in [2.24, 2.45) is 7.05 Å². The average Bonchev–Trinajstić information content (AvgIpc) is 2.78. The molecule has 30 heavy (non-hydrogen) atoms. The largest absolute Gasteiger partial charge is 0.426 e. The zero-order valence-electron chi connectivity index (χ0n) is 16.2. The molecule has 0 saturated heterocycles. The molecule has 0 aliphatic rings. The third kappa shape index (κ3) is 3.82. The fourth-order valence-corrected chi connectivity index (χ4v) is 3.26. The lowest BCUT2D eigenvalue weighted by Gasteiger charge is -2.09. The van der Waals surface area contributed by atoms with Crippen LogP contribution in [0.5, 0.6) is 5.75 Å². The van der Waals surface area contributed by atoms with Crippen LogP contribution in [0.15, 0.2) is 77.6 Å². The van der Waals surface area contributed by atoms with E-state index in [2.05, 4.69) is 11.2 Å². The minimum absolute atomic E-state index is 0.0496. The molecule has 4 rings (SSSR count). The molecular weight excluding hydrogens is 378 g/mol. The number of hydrogen-bond acceptors (Lipinski definition) is 5. The van der Waals surface area contributed by atoms with Crippen molar-refractivity contribution in [1.82, 2.24) is 9.78 Å². The minimum Gasteiger partial charge on any atom is -0.426 e. The SMILES string of the molecule is Cn1nc(CC(=O)Oc2ccc(-c3ccc(C#N)cc3)cc2)c2ccccc2c1=O. The Balaban J connectivity index is 1.51. The molecule has 146 valence electrons. The maximum Gasteiger partial charge on any atom is 0.317 e. The Morgan fingerprint density at radius 1 is 0.967 bits per heavy atom. The number of ether oxygens (including phenoxy) is 1. The van der Waals surface area contributed by atoms with Crippen molar-refractivity contribution in [3.05, 3.63) is 94.4 Å². The molecule has 0 spiro atoms. The topological polar surface area (TPSA) is 85.0 Å². The lowest BCUT2D eigenvalue weighted by atomic mass is 10.0. The van der Waals surface area contributed by atoms with Crippen molar-refractivity contribution >= 4 is 16.7 Å². The highest BCUT2D eigenvalue weighted by atomic mass is 16.5.